The molecule has 0 bridgehead atoms. The Kier molecular flexibility index (Phi) is 5.85. The van der Waals surface area contributed by atoms with Crippen LogP contribution in [-0.2, 0) is 22.6 Å². The third-order valence-electron chi connectivity index (χ3n) is 4.77. The van der Waals surface area contributed by atoms with E-state index in [1.165, 1.54) is 6.33 Å². The lowest BCUT2D eigenvalue weighted by atomic mass is 10.2. The molecule has 9 heteroatoms. The molecule has 1 aliphatic rings. The normalized spacial score (nSPS) is 14.2. The van der Waals surface area contributed by atoms with E-state index in [-0.39, 0.29) is 12.5 Å². The summed E-state index contributed by atoms with van der Waals surface area (Å²) in [6.07, 6.45) is 3.24. The first-order valence-corrected chi connectivity index (χ1v) is 9.73. The quantitative estimate of drug-likeness (QED) is 0.645. The molecule has 0 atom stereocenters. The molecule has 1 saturated heterocycles. The lowest BCUT2D eigenvalue weighted by Gasteiger charge is -2.27. The summed E-state index contributed by atoms with van der Waals surface area (Å²) in [5.41, 5.74) is 1.58. The van der Waals surface area contributed by atoms with Crippen molar-refractivity contribution in [3.63, 3.8) is 0 Å². The van der Waals surface area contributed by atoms with Crippen LogP contribution in [0.4, 0.5) is 5.82 Å². The lowest BCUT2D eigenvalue weighted by Crippen LogP contribution is -2.36. The van der Waals surface area contributed by atoms with Gasteiger partial charge in [-0.25, -0.2) is 14.6 Å². The summed E-state index contributed by atoms with van der Waals surface area (Å²) in [5.74, 6) is 1.46. The monoisotopic (exact) mass is 396 g/mol. The van der Waals surface area contributed by atoms with Gasteiger partial charge in [0.25, 0.3) is 0 Å². The summed E-state index contributed by atoms with van der Waals surface area (Å²) in [6, 6.07) is 7.68. The molecule has 0 aliphatic carbocycles. The van der Waals surface area contributed by atoms with E-state index in [9.17, 15) is 4.79 Å². The Labute approximate surface area is 168 Å². The Morgan fingerprint density at radius 1 is 1.24 bits per heavy atom. The second kappa shape index (κ2) is 8.87. The molecule has 1 aromatic carbocycles. The van der Waals surface area contributed by atoms with E-state index in [4.69, 9.17) is 9.47 Å². The predicted octanol–water partition coefficient (Wildman–Crippen LogP) is 1.38. The van der Waals surface area contributed by atoms with Crippen molar-refractivity contribution in [2.24, 2.45) is 0 Å². The summed E-state index contributed by atoms with van der Waals surface area (Å²) >= 11 is 0. The van der Waals surface area contributed by atoms with E-state index >= 15 is 0 Å². The van der Waals surface area contributed by atoms with Crippen LogP contribution in [0.25, 0.3) is 11.0 Å². The number of nitrogens with zero attached hydrogens (tertiary/aromatic N) is 5. The number of morpholine rings is 1. The van der Waals surface area contributed by atoms with Crippen molar-refractivity contribution in [2.45, 2.75) is 20.0 Å². The van der Waals surface area contributed by atoms with Gasteiger partial charge in [-0.3, -0.25) is 4.79 Å². The molecule has 1 N–H and O–H groups in total. The van der Waals surface area contributed by atoms with Gasteiger partial charge in [-0.05, 0) is 13.0 Å². The number of carbonyl (C=O) groups is 1. The number of anilines is 1. The maximum Gasteiger partial charge on any atom is 0.242 e. The maximum absolute atomic E-state index is 12.5. The molecule has 1 aliphatic heterocycles. The molecular formula is C20H24N6O3. The van der Waals surface area contributed by atoms with Gasteiger partial charge in [0.2, 0.25) is 5.91 Å². The summed E-state index contributed by atoms with van der Waals surface area (Å²) in [7, 11) is 0. The molecule has 9 nitrogen and oxygen atoms in total. The molecule has 1 amide bonds. The molecule has 3 heterocycles. The largest absolute Gasteiger partial charge is 0.494 e. The van der Waals surface area contributed by atoms with Gasteiger partial charge in [0.1, 0.15) is 24.4 Å². The number of aromatic nitrogens is 4. The summed E-state index contributed by atoms with van der Waals surface area (Å²) in [6.45, 7) is 5.88. The highest BCUT2D eigenvalue weighted by Gasteiger charge is 2.18. The fourth-order valence-corrected chi connectivity index (χ4v) is 3.36. The van der Waals surface area contributed by atoms with Crippen LogP contribution >= 0.6 is 0 Å². The molecule has 152 valence electrons. The summed E-state index contributed by atoms with van der Waals surface area (Å²) in [4.78, 5) is 23.4. The zero-order chi connectivity index (χ0) is 20.1. The average Bonchev–Trinajstić information content (AvgIpc) is 3.17. The van der Waals surface area contributed by atoms with Crippen LogP contribution in [0.15, 0.2) is 36.8 Å². The summed E-state index contributed by atoms with van der Waals surface area (Å²) in [5, 5.41) is 8.13. The molecule has 0 unspecified atom stereocenters. The Hall–Kier alpha value is -3.20. The van der Waals surface area contributed by atoms with E-state index < -0.39 is 0 Å². The van der Waals surface area contributed by atoms with Crippen LogP contribution in [0.3, 0.4) is 0 Å². The van der Waals surface area contributed by atoms with Gasteiger partial charge < -0.3 is 19.7 Å². The number of nitrogens with one attached hydrogen (secondary N) is 1. The molecule has 0 saturated carbocycles. The predicted molar refractivity (Wildman–Crippen MR) is 108 cm³/mol. The molecule has 0 spiro atoms. The second-order valence-electron chi connectivity index (χ2n) is 6.65. The number of amides is 1. The number of ether oxygens (including phenoxy) is 2. The zero-order valence-electron chi connectivity index (χ0n) is 16.4. The zero-order valence-corrected chi connectivity index (χ0v) is 16.4. The molecule has 0 radical (unpaired) electrons. The molecular weight excluding hydrogens is 372 g/mol. The minimum absolute atomic E-state index is 0.0832. The van der Waals surface area contributed by atoms with Crippen molar-refractivity contribution in [1.29, 1.82) is 0 Å². The van der Waals surface area contributed by atoms with Gasteiger partial charge in [-0.1, -0.05) is 18.2 Å². The Morgan fingerprint density at radius 3 is 2.90 bits per heavy atom. The molecule has 1 fully saturated rings. The van der Waals surface area contributed by atoms with Gasteiger partial charge in [0.15, 0.2) is 5.65 Å². The highest BCUT2D eigenvalue weighted by atomic mass is 16.5. The molecule has 3 aromatic rings. The van der Waals surface area contributed by atoms with Gasteiger partial charge in [0.05, 0.1) is 31.4 Å². The second-order valence-corrected chi connectivity index (χ2v) is 6.65. The van der Waals surface area contributed by atoms with Crippen molar-refractivity contribution < 1.29 is 14.3 Å². The molecule has 4 rings (SSSR count). The van der Waals surface area contributed by atoms with E-state index in [0.29, 0.717) is 32.0 Å². The number of carbonyl (C=O) groups excluding carboxylic acids is 1. The molecule has 29 heavy (non-hydrogen) atoms. The molecule has 2 aromatic heterocycles. The minimum atomic E-state index is -0.146. The smallest absolute Gasteiger partial charge is 0.242 e. The van der Waals surface area contributed by atoms with Crippen LogP contribution in [0, 0.1) is 0 Å². The van der Waals surface area contributed by atoms with Crippen LogP contribution in [0.2, 0.25) is 0 Å². The van der Waals surface area contributed by atoms with E-state index in [0.717, 1.165) is 35.6 Å². The van der Waals surface area contributed by atoms with E-state index in [1.54, 1.807) is 10.9 Å². The highest BCUT2D eigenvalue weighted by Crippen LogP contribution is 2.23. The Bertz CT molecular complexity index is 983. The fraction of sp³-hybridized carbons (Fsp3) is 0.400. The lowest BCUT2D eigenvalue weighted by molar-refractivity contribution is -0.121. The first-order valence-electron chi connectivity index (χ1n) is 9.73. The van der Waals surface area contributed by atoms with Crippen LogP contribution in [0.1, 0.15) is 12.5 Å². The number of benzene rings is 1. The summed E-state index contributed by atoms with van der Waals surface area (Å²) < 4.78 is 12.6. The van der Waals surface area contributed by atoms with Gasteiger partial charge in [-0.2, -0.15) is 5.10 Å². The first-order chi connectivity index (χ1) is 14.3. The van der Waals surface area contributed by atoms with Crippen molar-refractivity contribution >= 4 is 22.8 Å². The fourth-order valence-electron chi connectivity index (χ4n) is 3.36. The SMILES string of the molecule is CCOc1ccccc1CNC(=O)Cn1ncc2c(N3CCOCC3)ncnc21. The average molecular weight is 396 g/mol. The highest BCUT2D eigenvalue weighted by molar-refractivity contribution is 5.87. The van der Waals surface area contributed by atoms with Gasteiger partial charge in [-0.15, -0.1) is 0 Å². The maximum atomic E-state index is 12.5. The van der Waals surface area contributed by atoms with Crippen molar-refractivity contribution in [1.82, 2.24) is 25.1 Å². The van der Waals surface area contributed by atoms with Crippen LogP contribution < -0.4 is 15.0 Å². The number of rotatable bonds is 7. The van der Waals surface area contributed by atoms with E-state index in [2.05, 4.69) is 25.3 Å². The van der Waals surface area contributed by atoms with Crippen molar-refractivity contribution in [3.8, 4) is 5.75 Å². The van der Waals surface area contributed by atoms with Gasteiger partial charge >= 0.3 is 0 Å². The standard InChI is InChI=1S/C20H24N6O3/c1-2-29-17-6-4-3-5-15(17)11-21-18(27)13-26-20-16(12-24-26)19(22-14-23-20)25-7-9-28-10-8-25/h3-6,12,14H,2,7-11,13H2,1H3,(H,21,27). The number of hydrogen-bond donors (Lipinski definition) is 1. The third kappa shape index (κ3) is 4.29. The topological polar surface area (TPSA) is 94.4 Å². The van der Waals surface area contributed by atoms with Crippen LogP contribution in [0.5, 0.6) is 5.75 Å². The first kappa shape index (κ1) is 19.1. The minimum Gasteiger partial charge on any atom is -0.494 e. The van der Waals surface area contributed by atoms with Crippen molar-refractivity contribution in [3.05, 3.63) is 42.4 Å². The van der Waals surface area contributed by atoms with Crippen molar-refractivity contribution in [2.75, 3.05) is 37.8 Å². The third-order valence-corrected chi connectivity index (χ3v) is 4.77. The number of fused-ring (bicyclic) bond motifs is 1. The number of para-hydroxylation sites is 1. The Balaban J connectivity index is 1.45. The van der Waals surface area contributed by atoms with Gasteiger partial charge in [0, 0.05) is 25.2 Å². The van der Waals surface area contributed by atoms with E-state index in [1.807, 2.05) is 31.2 Å². The Morgan fingerprint density at radius 2 is 2.07 bits per heavy atom. The van der Waals surface area contributed by atoms with Crippen LogP contribution in [-0.4, -0.2) is 58.6 Å². The number of hydrogen-bond acceptors (Lipinski definition) is 7.